The van der Waals surface area contributed by atoms with Crippen LogP contribution in [0, 0.1) is 13.8 Å². The number of aromatic amines is 1. The van der Waals surface area contributed by atoms with Crippen molar-refractivity contribution < 1.29 is 19.4 Å². The van der Waals surface area contributed by atoms with Gasteiger partial charge in [0.1, 0.15) is 5.69 Å². The van der Waals surface area contributed by atoms with Crippen LogP contribution in [0.4, 0.5) is 5.69 Å². The van der Waals surface area contributed by atoms with Gasteiger partial charge in [-0.15, -0.1) is 0 Å². The monoisotopic (exact) mass is 364 g/mol. The molecule has 134 valence electrons. The molecule has 1 amide bonds. The molecule has 1 heterocycles. The number of esters is 1. The first-order valence-corrected chi connectivity index (χ1v) is 8.23. The number of halogens is 1. The number of aliphatic hydroxyl groups excluding tert-OH is 1. The SMILES string of the molecule is Cc1[nH]c(C(=O)O[C@H](C)C(=O)Nc2ccc(Cl)cc2)c(C)c1[C@@H](C)O. The second kappa shape index (κ2) is 7.72. The van der Waals surface area contributed by atoms with Crippen LogP contribution in [0.2, 0.25) is 5.02 Å². The third-order valence-electron chi connectivity index (χ3n) is 3.88. The van der Waals surface area contributed by atoms with E-state index in [9.17, 15) is 14.7 Å². The number of amides is 1. The lowest BCUT2D eigenvalue weighted by Crippen LogP contribution is -2.30. The predicted molar refractivity (Wildman–Crippen MR) is 95.9 cm³/mol. The van der Waals surface area contributed by atoms with Crippen molar-refractivity contribution in [1.82, 2.24) is 4.98 Å². The maximum absolute atomic E-state index is 12.3. The predicted octanol–water partition coefficient (Wildman–Crippen LogP) is 3.52. The minimum absolute atomic E-state index is 0.236. The molecule has 7 heteroatoms. The molecule has 0 aliphatic carbocycles. The number of anilines is 1. The topological polar surface area (TPSA) is 91.4 Å². The van der Waals surface area contributed by atoms with Gasteiger partial charge in [-0.05, 0) is 57.5 Å². The summed E-state index contributed by atoms with van der Waals surface area (Å²) in [6.07, 6.45) is -1.69. The van der Waals surface area contributed by atoms with E-state index in [2.05, 4.69) is 10.3 Å². The maximum atomic E-state index is 12.3. The van der Waals surface area contributed by atoms with Crippen molar-refractivity contribution in [1.29, 1.82) is 0 Å². The number of carbonyl (C=O) groups is 2. The summed E-state index contributed by atoms with van der Waals surface area (Å²) in [5.41, 5.74) is 2.76. The number of nitrogens with one attached hydrogen (secondary N) is 2. The zero-order chi connectivity index (χ0) is 18.7. The molecule has 0 saturated carbocycles. The summed E-state index contributed by atoms with van der Waals surface area (Å²) in [6, 6.07) is 6.61. The Morgan fingerprint density at radius 2 is 1.80 bits per heavy atom. The molecule has 1 aromatic heterocycles. The number of ether oxygens (including phenoxy) is 1. The zero-order valence-electron chi connectivity index (χ0n) is 14.5. The standard InChI is InChI=1S/C18H21ClN2O4/c1-9-15(11(3)22)10(2)20-16(9)18(24)25-12(4)17(23)21-14-7-5-13(19)6-8-14/h5-8,11-12,20,22H,1-4H3,(H,21,23)/t11-,12-/m1/s1. The van der Waals surface area contributed by atoms with E-state index >= 15 is 0 Å². The van der Waals surface area contributed by atoms with Crippen molar-refractivity contribution in [2.24, 2.45) is 0 Å². The Balaban J connectivity index is 2.06. The van der Waals surface area contributed by atoms with E-state index < -0.39 is 24.1 Å². The smallest absolute Gasteiger partial charge is 0.355 e. The van der Waals surface area contributed by atoms with Crippen LogP contribution in [0.25, 0.3) is 0 Å². The molecular weight excluding hydrogens is 344 g/mol. The lowest BCUT2D eigenvalue weighted by atomic mass is 10.1. The highest BCUT2D eigenvalue weighted by Gasteiger charge is 2.24. The summed E-state index contributed by atoms with van der Waals surface area (Å²) in [5, 5.41) is 13.0. The molecule has 0 bridgehead atoms. The van der Waals surface area contributed by atoms with Crippen LogP contribution in [0.3, 0.4) is 0 Å². The van der Waals surface area contributed by atoms with Gasteiger partial charge in [-0.25, -0.2) is 4.79 Å². The largest absolute Gasteiger partial charge is 0.448 e. The van der Waals surface area contributed by atoms with Crippen LogP contribution in [0.5, 0.6) is 0 Å². The molecule has 2 atom stereocenters. The van der Waals surface area contributed by atoms with Gasteiger partial charge in [0.05, 0.1) is 6.10 Å². The van der Waals surface area contributed by atoms with E-state index in [1.165, 1.54) is 6.92 Å². The van der Waals surface area contributed by atoms with Crippen molar-refractivity contribution in [2.45, 2.75) is 39.9 Å². The Bertz CT molecular complexity index is 781. The number of hydrogen-bond donors (Lipinski definition) is 3. The van der Waals surface area contributed by atoms with Gasteiger partial charge in [0.25, 0.3) is 5.91 Å². The van der Waals surface area contributed by atoms with Gasteiger partial charge in [0.2, 0.25) is 0 Å². The lowest BCUT2D eigenvalue weighted by Gasteiger charge is -2.13. The van der Waals surface area contributed by atoms with Crippen LogP contribution >= 0.6 is 11.6 Å². The molecule has 2 rings (SSSR count). The highest BCUT2D eigenvalue weighted by Crippen LogP contribution is 2.25. The summed E-state index contributed by atoms with van der Waals surface area (Å²) in [7, 11) is 0. The Morgan fingerprint density at radius 3 is 2.32 bits per heavy atom. The Hall–Kier alpha value is -2.31. The molecular formula is C18H21ClN2O4. The van der Waals surface area contributed by atoms with Crippen molar-refractivity contribution in [3.8, 4) is 0 Å². The number of carbonyl (C=O) groups excluding carboxylic acids is 2. The van der Waals surface area contributed by atoms with Gasteiger partial charge < -0.3 is 20.1 Å². The van der Waals surface area contributed by atoms with Crippen molar-refractivity contribution in [2.75, 3.05) is 5.32 Å². The number of H-pyrrole nitrogens is 1. The molecule has 3 N–H and O–H groups in total. The highest BCUT2D eigenvalue weighted by molar-refractivity contribution is 6.30. The molecule has 0 fully saturated rings. The van der Waals surface area contributed by atoms with Crippen LogP contribution < -0.4 is 5.32 Å². The van der Waals surface area contributed by atoms with Crippen LogP contribution in [-0.4, -0.2) is 28.1 Å². The minimum atomic E-state index is -0.985. The molecule has 1 aromatic carbocycles. The fourth-order valence-corrected chi connectivity index (χ4v) is 2.77. The van der Waals surface area contributed by atoms with Crippen molar-refractivity contribution >= 4 is 29.2 Å². The minimum Gasteiger partial charge on any atom is -0.448 e. The Labute approximate surface area is 151 Å². The molecule has 0 aliphatic heterocycles. The van der Waals surface area contributed by atoms with Gasteiger partial charge in [0, 0.05) is 22.0 Å². The lowest BCUT2D eigenvalue weighted by molar-refractivity contribution is -0.123. The van der Waals surface area contributed by atoms with Gasteiger partial charge in [0.15, 0.2) is 6.10 Å². The zero-order valence-corrected chi connectivity index (χ0v) is 15.3. The summed E-state index contributed by atoms with van der Waals surface area (Å²) in [5.74, 6) is -1.10. The second-order valence-corrected chi connectivity index (χ2v) is 6.32. The number of aliphatic hydroxyl groups is 1. The fourth-order valence-electron chi connectivity index (χ4n) is 2.65. The van der Waals surface area contributed by atoms with Gasteiger partial charge >= 0.3 is 5.97 Å². The van der Waals surface area contributed by atoms with Gasteiger partial charge in [-0.3, -0.25) is 4.79 Å². The molecule has 0 unspecified atom stereocenters. The Kier molecular flexibility index (Phi) is 5.87. The summed E-state index contributed by atoms with van der Waals surface area (Å²) in [6.45, 7) is 6.60. The maximum Gasteiger partial charge on any atom is 0.355 e. The van der Waals surface area contributed by atoms with Crippen LogP contribution in [0.1, 0.15) is 47.3 Å². The van der Waals surface area contributed by atoms with E-state index in [0.29, 0.717) is 27.5 Å². The number of benzene rings is 1. The summed E-state index contributed by atoms with van der Waals surface area (Å²) < 4.78 is 5.23. The molecule has 25 heavy (non-hydrogen) atoms. The Morgan fingerprint density at radius 1 is 1.20 bits per heavy atom. The van der Waals surface area contributed by atoms with E-state index in [1.54, 1.807) is 45.0 Å². The quantitative estimate of drug-likeness (QED) is 0.708. The first kappa shape index (κ1) is 19.0. The molecule has 0 aliphatic rings. The molecule has 0 saturated heterocycles. The second-order valence-electron chi connectivity index (χ2n) is 5.88. The van der Waals surface area contributed by atoms with Crippen molar-refractivity contribution in [3.05, 3.63) is 51.8 Å². The summed E-state index contributed by atoms with van der Waals surface area (Å²) >= 11 is 5.80. The van der Waals surface area contributed by atoms with Crippen LogP contribution in [0.15, 0.2) is 24.3 Å². The number of aryl methyl sites for hydroxylation is 1. The molecule has 2 aromatic rings. The molecule has 0 radical (unpaired) electrons. The normalized spacial score (nSPS) is 13.2. The fraction of sp³-hybridized carbons (Fsp3) is 0.333. The molecule has 0 spiro atoms. The van der Waals surface area contributed by atoms with E-state index in [1.807, 2.05) is 0 Å². The van der Waals surface area contributed by atoms with E-state index in [0.717, 1.165) is 0 Å². The van der Waals surface area contributed by atoms with Gasteiger partial charge in [-0.2, -0.15) is 0 Å². The summed E-state index contributed by atoms with van der Waals surface area (Å²) in [4.78, 5) is 27.4. The molecule has 6 nitrogen and oxygen atoms in total. The highest BCUT2D eigenvalue weighted by atomic mass is 35.5. The van der Waals surface area contributed by atoms with Crippen LogP contribution in [-0.2, 0) is 9.53 Å². The third kappa shape index (κ3) is 4.41. The number of hydrogen-bond acceptors (Lipinski definition) is 4. The first-order valence-electron chi connectivity index (χ1n) is 7.85. The van der Waals surface area contributed by atoms with E-state index in [4.69, 9.17) is 16.3 Å². The first-order chi connectivity index (χ1) is 11.7. The van der Waals surface area contributed by atoms with Crippen molar-refractivity contribution in [3.63, 3.8) is 0 Å². The average Bonchev–Trinajstić information content (AvgIpc) is 2.84. The van der Waals surface area contributed by atoms with E-state index in [-0.39, 0.29) is 5.69 Å². The third-order valence-corrected chi connectivity index (χ3v) is 4.13. The number of aromatic nitrogens is 1. The average molecular weight is 365 g/mol. The van der Waals surface area contributed by atoms with Gasteiger partial charge in [-0.1, -0.05) is 11.6 Å². The number of rotatable bonds is 5.